The van der Waals surface area contributed by atoms with Crippen molar-refractivity contribution in [3.05, 3.63) is 11.9 Å². The van der Waals surface area contributed by atoms with E-state index >= 15 is 0 Å². The summed E-state index contributed by atoms with van der Waals surface area (Å²) < 4.78 is 0. The molecule has 0 bridgehead atoms. The molecule has 0 radical (unpaired) electrons. The first kappa shape index (κ1) is 12.3. The topological polar surface area (TPSA) is 6.48 Å². The van der Waals surface area contributed by atoms with Crippen molar-refractivity contribution in [1.29, 1.82) is 0 Å². The minimum atomic E-state index is 1.10. The predicted molar refractivity (Wildman–Crippen MR) is 59.6 cm³/mol. The molecule has 0 saturated carbocycles. The van der Waals surface area contributed by atoms with E-state index in [0.29, 0.717) is 0 Å². The fourth-order valence-corrected chi connectivity index (χ4v) is 1.33. The average Bonchev–Trinajstić information content (AvgIpc) is 2.11. The number of rotatable bonds is 6. The molecule has 78 valence electrons. The van der Waals surface area contributed by atoms with Crippen LogP contribution in [0.15, 0.2) is 11.9 Å². The largest absolute Gasteiger partial charge is 0.380 e. The van der Waals surface area contributed by atoms with Crippen LogP contribution >= 0.6 is 0 Å². The molecule has 0 amide bonds. The van der Waals surface area contributed by atoms with Crippen LogP contribution in [0.2, 0.25) is 0 Å². The van der Waals surface area contributed by atoms with Crippen molar-refractivity contribution in [2.24, 2.45) is 0 Å². The molecule has 0 atom stereocenters. The lowest BCUT2D eigenvalue weighted by atomic mass is 10.3. The van der Waals surface area contributed by atoms with Gasteiger partial charge in [0.25, 0.3) is 0 Å². The summed E-state index contributed by atoms with van der Waals surface area (Å²) in [7, 11) is 4.21. The summed E-state index contributed by atoms with van der Waals surface area (Å²) in [6, 6.07) is 0. The summed E-state index contributed by atoms with van der Waals surface area (Å²) in [6.07, 6.45) is 4.60. The van der Waals surface area contributed by atoms with Crippen molar-refractivity contribution in [2.75, 3.05) is 27.2 Å². The molecular weight excluding hydrogens is 160 g/mol. The van der Waals surface area contributed by atoms with Crippen LogP contribution in [-0.4, -0.2) is 37.0 Å². The zero-order valence-corrected chi connectivity index (χ0v) is 9.80. The van der Waals surface area contributed by atoms with Gasteiger partial charge in [0.1, 0.15) is 0 Å². The highest BCUT2D eigenvalue weighted by molar-refractivity contribution is 4.97. The van der Waals surface area contributed by atoms with Gasteiger partial charge >= 0.3 is 0 Å². The van der Waals surface area contributed by atoms with Crippen LogP contribution in [-0.2, 0) is 0 Å². The number of hydrogen-bond donors (Lipinski definition) is 0. The van der Waals surface area contributed by atoms with Crippen LogP contribution in [0.5, 0.6) is 0 Å². The lowest BCUT2D eigenvalue weighted by Crippen LogP contribution is -2.21. The van der Waals surface area contributed by atoms with Gasteiger partial charge in [-0.1, -0.05) is 13.8 Å². The molecule has 2 nitrogen and oxygen atoms in total. The van der Waals surface area contributed by atoms with Gasteiger partial charge in [-0.2, -0.15) is 0 Å². The Morgan fingerprint density at radius 2 is 1.77 bits per heavy atom. The van der Waals surface area contributed by atoms with E-state index in [2.05, 4.69) is 50.9 Å². The summed E-state index contributed by atoms with van der Waals surface area (Å²) in [5.41, 5.74) is 1.40. The first-order valence-corrected chi connectivity index (χ1v) is 5.27. The molecule has 0 spiro atoms. The summed E-state index contributed by atoms with van der Waals surface area (Å²) in [5, 5.41) is 0. The Labute approximate surface area is 83.2 Å². The molecular formula is C11H24N2. The number of hydrogen-bond acceptors (Lipinski definition) is 2. The third kappa shape index (κ3) is 4.81. The first-order chi connectivity index (χ1) is 6.15. The molecule has 0 aliphatic carbocycles. The first-order valence-electron chi connectivity index (χ1n) is 5.27. The van der Waals surface area contributed by atoms with E-state index < -0.39 is 0 Å². The third-order valence-corrected chi connectivity index (χ3v) is 2.19. The van der Waals surface area contributed by atoms with Gasteiger partial charge in [-0.05, 0) is 19.8 Å². The van der Waals surface area contributed by atoms with Crippen molar-refractivity contribution < 1.29 is 0 Å². The second-order valence-electron chi connectivity index (χ2n) is 3.50. The van der Waals surface area contributed by atoms with Gasteiger partial charge in [-0.15, -0.1) is 0 Å². The smallest absolute Gasteiger partial charge is 0.0286 e. The Hall–Kier alpha value is -0.660. The van der Waals surface area contributed by atoms with Crippen LogP contribution < -0.4 is 0 Å². The Morgan fingerprint density at radius 3 is 2.08 bits per heavy atom. The highest BCUT2D eigenvalue weighted by Gasteiger charge is 1.99. The van der Waals surface area contributed by atoms with E-state index in [9.17, 15) is 0 Å². The highest BCUT2D eigenvalue weighted by Crippen LogP contribution is 2.06. The van der Waals surface area contributed by atoms with Gasteiger partial charge in [0.05, 0.1) is 0 Å². The van der Waals surface area contributed by atoms with Gasteiger partial charge < -0.3 is 9.80 Å². The highest BCUT2D eigenvalue weighted by atomic mass is 15.1. The Kier molecular flexibility index (Phi) is 6.47. The summed E-state index contributed by atoms with van der Waals surface area (Å²) in [5.74, 6) is 0. The van der Waals surface area contributed by atoms with Gasteiger partial charge in [-0.25, -0.2) is 0 Å². The maximum Gasteiger partial charge on any atom is 0.0286 e. The molecule has 0 aromatic rings. The molecule has 0 fully saturated rings. The monoisotopic (exact) mass is 184 g/mol. The van der Waals surface area contributed by atoms with E-state index in [1.165, 1.54) is 12.1 Å². The normalized spacial score (nSPS) is 11.6. The molecule has 0 aliphatic rings. The zero-order chi connectivity index (χ0) is 10.3. The van der Waals surface area contributed by atoms with Gasteiger partial charge in [0, 0.05) is 39.1 Å². The number of nitrogens with zero attached hydrogens (tertiary/aromatic N) is 2. The van der Waals surface area contributed by atoms with Crippen LogP contribution in [0.3, 0.4) is 0 Å². The minimum absolute atomic E-state index is 1.10. The minimum Gasteiger partial charge on any atom is -0.380 e. The summed E-state index contributed by atoms with van der Waals surface area (Å²) in [4.78, 5) is 4.57. The van der Waals surface area contributed by atoms with Crippen LogP contribution in [0, 0.1) is 0 Å². The fourth-order valence-electron chi connectivity index (χ4n) is 1.33. The lowest BCUT2D eigenvalue weighted by molar-refractivity contribution is 0.373. The van der Waals surface area contributed by atoms with E-state index in [1.807, 2.05) is 0 Å². The van der Waals surface area contributed by atoms with Crippen LogP contribution in [0.1, 0.15) is 33.6 Å². The third-order valence-electron chi connectivity index (χ3n) is 2.19. The standard InChI is InChI=1S/C11H24N2/c1-6-9-13(8-3)10-11(7-2)12(4)5/h10H,6-9H2,1-5H3/b11-10-. The predicted octanol–water partition coefficient (Wildman–Crippen LogP) is 2.53. The molecule has 0 aromatic heterocycles. The van der Waals surface area contributed by atoms with Crippen molar-refractivity contribution in [2.45, 2.75) is 33.6 Å². The molecule has 0 heterocycles. The Morgan fingerprint density at radius 1 is 1.15 bits per heavy atom. The van der Waals surface area contributed by atoms with Crippen molar-refractivity contribution in [1.82, 2.24) is 9.80 Å². The van der Waals surface area contributed by atoms with Crippen molar-refractivity contribution in [3.8, 4) is 0 Å². The second kappa shape index (κ2) is 6.81. The molecule has 0 aromatic carbocycles. The summed E-state index contributed by atoms with van der Waals surface area (Å²) >= 11 is 0. The van der Waals surface area contributed by atoms with Crippen molar-refractivity contribution >= 4 is 0 Å². The summed E-state index contributed by atoms with van der Waals surface area (Å²) in [6.45, 7) is 8.89. The van der Waals surface area contributed by atoms with Crippen molar-refractivity contribution in [3.63, 3.8) is 0 Å². The van der Waals surface area contributed by atoms with Gasteiger partial charge in [0.15, 0.2) is 0 Å². The molecule has 0 aliphatic heterocycles. The van der Waals surface area contributed by atoms with Gasteiger partial charge in [-0.3, -0.25) is 0 Å². The average molecular weight is 184 g/mol. The molecule has 2 heteroatoms. The SMILES string of the molecule is CCCN(/C=C(/CC)N(C)C)CC. The van der Waals surface area contributed by atoms with E-state index in [-0.39, 0.29) is 0 Å². The molecule has 0 rings (SSSR count). The number of allylic oxidation sites excluding steroid dienone is 1. The maximum absolute atomic E-state index is 2.37. The van der Waals surface area contributed by atoms with E-state index in [1.54, 1.807) is 0 Å². The van der Waals surface area contributed by atoms with Gasteiger partial charge in [0.2, 0.25) is 0 Å². The molecule has 13 heavy (non-hydrogen) atoms. The quantitative estimate of drug-likeness (QED) is 0.626. The molecule has 0 N–H and O–H groups in total. The second-order valence-corrected chi connectivity index (χ2v) is 3.50. The van der Waals surface area contributed by atoms with E-state index in [4.69, 9.17) is 0 Å². The molecule has 0 unspecified atom stereocenters. The Bertz CT molecular complexity index is 150. The van der Waals surface area contributed by atoms with Crippen LogP contribution in [0.4, 0.5) is 0 Å². The van der Waals surface area contributed by atoms with Crippen LogP contribution in [0.25, 0.3) is 0 Å². The lowest BCUT2D eigenvalue weighted by Gasteiger charge is -2.23. The zero-order valence-electron chi connectivity index (χ0n) is 9.80. The Balaban J connectivity index is 4.26. The van der Waals surface area contributed by atoms with E-state index in [0.717, 1.165) is 19.5 Å². The fraction of sp³-hybridized carbons (Fsp3) is 0.818. The molecule has 0 saturated heterocycles. The maximum atomic E-state index is 2.37.